The predicted octanol–water partition coefficient (Wildman–Crippen LogP) is 1.44. The summed E-state index contributed by atoms with van der Waals surface area (Å²) in [5.74, 6) is 0.380. The molecule has 2 aromatic carbocycles. The lowest BCUT2D eigenvalue weighted by Gasteiger charge is -2.14. The molecule has 1 aliphatic heterocycles. The van der Waals surface area contributed by atoms with Crippen LogP contribution in [0.1, 0.15) is 24.1 Å². The maximum Gasteiger partial charge on any atom is 0.230 e. The van der Waals surface area contributed by atoms with Gasteiger partial charge in [-0.3, -0.25) is 5.41 Å². The van der Waals surface area contributed by atoms with E-state index in [9.17, 15) is 4.21 Å². The summed E-state index contributed by atoms with van der Waals surface area (Å²) in [7, 11) is -1.08. The Kier molecular flexibility index (Phi) is 5.27. The van der Waals surface area contributed by atoms with E-state index in [-0.39, 0.29) is 0 Å². The fourth-order valence-corrected chi connectivity index (χ4v) is 4.56. The van der Waals surface area contributed by atoms with E-state index >= 15 is 0 Å². The van der Waals surface area contributed by atoms with Gasteiger partial charge in [0, 0.05) is 24.7 Å². The fourth-order valence-electron chi connectivity index (χ4n) is 3.30. The molecule has 0 amide bonds. The molecule has 1 atom stereocenters. The van der Waals surface area contributed by atoms with Gasteiger partial charge in [-0.25, -0.2) is 18.5 Å². The Balaban J connectivity index is 1.57. The summed E-state index contributed by atoms with van der Waals surface area (Å²) >= 11 is 0. The summed E-state index contributed by atoms with van der Waals surface area (Å²) in [6.07, 6.45) is 3.64. The van der Waals surface area contributed by atoms with Crippen molar-refractivity contribution < 1.29 is 9.62 Å². The van der Waals surface area contributed by atoms with Crippen LogP contribution in [0.3, 0.4) is 0 Å². The first kappa shape index (κ1) is 18.5. The number of nitrogen functional groups attached to an aromatic ring is 1. The predicted molar refractivity (Wildman–Crippen MR) is 111 cm³/mol. The number of nitrogens with zero attached hydrogens (tertiary/aromatic N) is 3. The Morgan fingerprint density at radius 3 is 2.46 bits per heavy atom. The molecule has 3 aromatic rings. The normalized spacial score (nSPS) is 15.4. The first-order valence-corrected chi connectivity index (χ1v) is 10.3. The highest BCUT2D eigenvalue weighted by molar-refractivity contribution is 7.82. The lowest BCUT2D eigenvalue weighted by molar-refractivity contribution is -0.111. The van der Waals surface area contributed by atoms with Crippen molar-refractivity contribution in [3.05, 3.63) is 72.2 Å². The number of hydrogen-bond donors (Lipinski definition) is 2. The van der Waals surface area contributed by atoms with Crippen LogP contribution in [-0.2, 0) is 11.0 Å². The molecule has 1 aromatic heterocycles. The number of hydrogen-bond acceptors (Lipinski definition) is 4. The number of aromatic nitrogens is 2. The standard InChI is InChI=1S/C21H21N5OS/c22-20-13-19(24-14-25-20)21(23)17-5-3-4-16(12-17)15-6-8-18(9-7-15)28(27)26-10-1-2-11-26/h3-9,12-14,23H,1-2,10-11H2,(H2,22,24,25)/p+1. The van der Waals surface area contributed by atoms with Gasteiger partial charge in [-0.2, -0.15) is 0 Å². The van der Waals surface area contributed by atoms with E-state index in [1.54, 1.807) is 6.07 Å². The van der Waals surface area contributed by atoms with E-state index < -0.39 is 11.0 Å². The van der Waals surface area contributed by atoms with Gasteiger partial charge in [0.1, 0.15) is 28.8 Å². The van der Waals surface area contributed by atoms with Crippen molar-refractivity contribution in [3.8, 4) is 11.1 Å². The van der Waals surface area contributed by atoms with E-state index in [4.69, 9.17) is 11.1 Å². The van der Waals surface area contributed by atoms with Crippen molar-refractivity contribution in [1.29, 1.82) is 0 Å². The first-order valence-electron chi connectivity index (χ1n) is 9.20. The van der Waals surface area contributed by atoms with Gasteiger partial charge < -0.3 is 5.73 Å². The summed E-state index contributed by atoms with van der Waals surface area (Å²) in [6.45, 7) is 1.80. The summed E-state index contributed by atoms with van der Waals surface area (Å²) in [4.78, 5) is 8.93. The number of rotatable bonds is 5. The zero-order valence-corrected chi connectivity index (χ0v) is 16.2. The molecule has 1 aliphatic rings. The van der Waals surface area contributed by atoms with Crippen molar-refractivity contribution in [3.63, 3.8) is 0 Å². The first-order chi connectivity index (χ1) is 13.6. The zero-order chi connectivity index (χ0) is 19.5. The van der Waals surface area contributed by atoms with Crippen LogP contribution in [0.2, 0.25) is 0 Å². The maximum atomic E-state index is 12.6. The zero-order valence-electron chi connectivity index (χ0n) is 15.4. The molecule has 28 heavy (non-hydrogen) atoms. The van der Waals surface area contributed by atoms with E-state index in [1.165, 1.54) is 6.33 Å². The summed E-state index contributed by atoms with van der Waals surface area (Å²) in [6, 6.07) is 17.5. The second-order valence-corrected chi connectivity index (χ2v) is 8.22. The smallest absolute Gasteiger partial charge is 0.230 e. The minimum Gasteiger partial charge on any atom is -0.384 e. The number of nitrogens with two attached hydrogens (primary N) is 2. The largest absolute Gasteiger partial charge is 0.384 e. The monoisotopic (exact) mass is 392 g/mol. The van der Waals surface area contributed by atoms with Gasteiger partial charge in [0.25, 0.3) is 0 Å². The molecular weight excluding hydrogens is 370 g/mol. The Bertz CT molecular complexity index is 1030. The molecule has 2 heterocycles. The molecule has 0 radical (unpaired) electrons. The van der Waals surface area contributed by atoms with Gasteiger partial charge in [-0.15, -0.1) is 0 Å². The maximum absolute atomic E-state index is 12.6. The molecule has 4 rings (SSSR count). The van der Waals surface area contributed by atoms with Crippen LogP contribution in [0.15, 0.2) is 65.8 Å². The van der Waals surface area contributed by atoms with E-state index in [2.05, 4.69) is 9.97 Å². The van der Waals surface area contributed by atoms with E-state index in [1.807, 2.05) is 52.8 Å². The van der Waals surface area contributed by atoms with Gasteiger partial charge >= 0.3 is 0 Å². The van der Waals surface area contributed by atoms with Crippen molar-refractivity contribution in [2.24, 2.45) is 0 Å². The van der Waals surface area contributed by atoms with Crippen molar-refractivity contribution in [1.82, 2.24) is 14.3 Å². The highest BCUT2D eigenvalue weighted by Crippen LogP contribution is 2.24. The molecule has 142 valence electrons. The van der Waals surface area contributed by atoms with Crippen LogP contribution < -0.4 is 11.1 Å². The topological polar surface area (TPSA) is 97.7 Å². The quantitative estimate of drug-likeness (QED) is 0.642. The van der Waals surface area contributed by atoms with Gasteiger partial charge in [-0.05, 0) is 48.2 Å². The molecular formula is C21H22N5OS+. The minimum atomic E-state index is -1.08. The third-order valence-corrected chi connectivity index (χ3v) is 6.34. The summed E-state index contributed by atoms with van der Waals surface area (Å²) < 4.78 is 14.6. The third kappa shape index (κ3) is 3.85. The van der Waals surface area contributed by atoms with Crippen molar-refractivity contribution in [2.75, 3.05) is 18.8 Å². The fraction of sp³-hybridized carbons (Fsp3) is 0.190. The molecule has 1 unspecified atom stereocenters. The Morgan fingerprint density at radius 1 is 1.00 bits per heavy atom. The Labute approximate surface area is 166 Å². The summed E-state index contributed by atoms with van der Waals surface area (Å²) in [5.41, 5.74) is 9.80. The molecule has 7 heteroatoms. The van der Waals surface area contributed by atoms with Gasteiger partial charge in [0.2, 0.25) is 5.71 Å². The molecule has 0 spiro atoms. The second-order valence-electron chi connectivity index (χ2n) is 6.73. The number of anilines is 1. The van der Waals surface area contributed by atoms with Crippen molar-refractivity contribution >= 4 is 22.5 Å². The highest BCUT2D eigenvalue weighted by atomic mass is 32.2. The van der Waals surface area contributed by atoms with Crippen LogP contribution in [-0.4, -0.2) is 37.3 Å². The van der Waals surface area contributed by atoms with Crippen molar-refractivity contribution in [2.45, 2.75) is 17.7 Å². The molecule has 0 bridgehead atoms. The Hall–Kier alpha value is -2.90. The van der Waals surface area contributed by atoms with Gasteiger partial charge in [0.05, 0.1) is 4.90 Å². The van der Waals surface area contributed by atoms with Gasteiger partial charge in [-0.1, -0.05) is 24.3 Å². The average molecular weight is 393 g/mol. The SMILES string of the molecule is Nc1cc(C(=[NH2+])c2cccc(-c3ccc(S(=O)N4CCCC4)cc3)c2)ncn1. The Morgan fingerprint density at radius 2 is 1.75 bits per heavy atom. The average Bonchev–Trinajstić information content (AvgIpc) is 3.28. The number of benzene rings is 2. The summed E-state index contributed by atoms with van der Waals surface area (Å²) in [5, 5.41) is 6.29. The van der Waals surface area contributed by atoms with Gasteiger partial charge in [0.15, 0.2) is 0 Å². The van der Waals surface area contributed by atoms with Crippen LogP contribution in [0.4, 0.5) is 5.82 Å². The highest BCUT2D eigenvalue weighted by Gasteiger charge is 2.19. The lowest BCUT2D eigenvalue weighted by atomic mass is 10.00. The molecule has 0 aliphatic carbocycles. The van der Waals surface area contributed by atoms with Crippen LogP contribution in [0, 0.1) is 0 Å². The van der Waals surface area contributed by atoms with E-state index in [0.29, 0.717) is 17.2 Å². The molecule has 4 N–H and O–H groups in total. The van der Waals surface area contributed by atoms with Crippen LogP contribution in [0.5, 0.6) is 0 Å². The van der Waals surface area contributed by atoms with Crippen LogP contribution >= 0.6 is 0 Å². The van der Waals surface area contributed by atoms with Crippen LogP contribution in [0.25, 0.3) is 11.1 Å². The van der Waals surface area contributed by atoms with E-state index in [0.717, 1.165) is 47.5 Å². The third-order valence-electron chi connectivity index (χ3n) is 4.83. The minimum absolute atomic E-state index is 0.380. The molecule has 1 fully saturated rings. The molecule has 1 saturated heterocycles. The molecule has 0 saturated carbocycles. The second kappa shape index (κ2) is 8.00. The molecule has 6 nitrogen and oxygen atoms in total. The lowest BCUT2D eigenvalue weighted by Crippen LogP contribution is -2.41.